The van der Waals surface area contributed by atoms with Gasteiger partial charge in [0.2, 0.25) is 5.88 Å². The monoisotopic (exact) mass is 444 g/mol. The van der Waals surface area contributed by atoms with Gasteiger partial charge in [0.15, 0.2) is 5.82 Å². The Morgan fingerprint density at radius 2 is 1.48 bits per heavy atom. The van der Waals surface area contributed by atoms with E-state index in [4.69, 9.17) is 9.47 Å². The lowest BCUT2D eigenvalue weighted by Crippen LogP contribution is -2.19. The minimum atomic E-state index is -0.352. The van der Waals surface area contributed by atoms with E-state index in [-0.39, 0.29) is 6.03 Å². The summed E-state index contributed by atoms with van der Waals surface area (Å²) in [5, 5.41) is 10.1. The number of amides is 2. The summed E-state index contributed by atoms with van der Waals surface area (Å²) < 4.78 is 12.7. The molecule has 9 heteroatoms. The van der Waals surface area contributed by atoms with Crippen LogP contribution in [0.3, 0.4) is 0 Å². The maximum absolute atomic E-state index is 12.2. The lowest BCUT2D eigenvalue weighted by molar-refractivity contribution is 0.262. The van der Waals surface area contributed by atoms with Crippen molar-refractivity contribution in [2.45, 2.75) is 20.8 Å². The van der Waals surface area contributed by atoms with Gasteiger partial charge in [0, 0.05) is 23.1 Å². The maximum Gasteiger partial charge on any atom is 0.323 e. The Bertz CT molecular complexity index is 1270. The summed E-state index contributed by atoms with van der Waals surface area (Å²) in [5.74, 6) is 2.31. The Balaban J connectivity index is 1.39. The highest BCUT2D eigenvalue weighted by atomic mass is 16.5. The lowest BCUT2D eigenvalue weighted by atomic mass is 10.2. The minimum absolute atomic E-state index is 0.352. The van der Waals surface area contributed by atoms with Gasteiger partial charge in [-0.2, -0.15) is 5.10 Å². The molecule has 168 valence electrons. The number of ether oxygens (including phenoxy) is 2. The number of methoxy groups -OCH3 is 1. The summed E-state index contributed by atoms with van der Waals surface area (Å²) in [4.78, 5) is 20.7. The number of rotatable bonds is 6. The number of hydrogen-bond donors (Lipinski definition) is 2. The predicted molar refractivity (Wildman–Crippen MR) is 126 cm³/mol. The van der Waals surface area contributed by atoms with Crippen molar-refractivity contribution in [1.29, 1.82) is 0 Å². The number of nitrogens with one attached hydrogen (secondary N) is 2. The quantitative estimate of drug-likeness (QED) is 0.432. The second-order valence-electron chi connectivity index (χ2n) is 7.36. The molecular weight excluding hydrogens is 420 g/mol. The molecule has 2 heterocycles. The third-order valence-electron chi connectivity index (χ3n) is 5.18. The molecule has 2 amide bonds. The molecule has 2 N–H and O–H groups in total. The minimum Gasteiger partial charge on any atom is -0.497 e. The molecule has 0 aliphatic rings. The molecule has 0 radical (unpaired) electrons. The van der Waals surface area contributed by atoms with Crippen LogP contribution < -0.4 is 20.1 Å². The predicted octanol–water partition coefficient (Wildman–Crippen LogP) is 5.03. The van der Waals surface area contributed by atoms with Crippen LogP contribution >= 0.6 is 0 Å². The third-order valence-corrected chi connectivity index (χ3v) is 5.18. The van der Waals surface area contributed by atoms with Crippen LogP contribution in [0.1, 0.15) is 17.0 Å². The van der Waals surface area contributed by atoms with Gasteiger partial charge in [0.25, 0.3) is 0 Å². The van der Waals surface area contributed by atoms with E-state index in [1.54, 1.807) is 66.4 Å². The summed E-state index contributed by atoms with van der Waals surface area (Å²) in [7, 11) is 1.59. The largest absolute Gasteiger partial charge is 0.497 e. The first-order valence-electron chi connectivity index (χ1n) is 10.3. The molecule has 4 aromatic rings. The van der Waals surface area contributed by atoms with Crippen molar-refractivity contribution < 1.29 is 14.3 Å². The second kappa shape index (κ2) is 9.39. The second-order valence-corrected chi connectivity index (χ2v) is 7.36. The van der Waals surface area contributed by atoms with Gasteiger partial charge in [-0.05, 0) is 74.9 Å². The summed E-state index contributed by atoms with van der Waals surface area (Å²) in [6.07, 6.45) is 1.44. The number of anilines is 2. The van der Waals surface area contributed by atoms with Crippen LogP contribution in [0.15, 0.2) is 60.9 Å². The first kappa shape index (κ1) is 21.8. The maximum atomic E-state index is 12.2. The first-order chi connectivity index (χ1) is 15.9. The number of carbonyl (C=O) groups excluding carboxylic acids is 1. The lowest BCUT2D eigenvalue weighted by Gasteiger charge is -2.10. The normalized spacial score (nSPS) is 10.5. The first-order valence-corrected chi connectivity index (χ1v) is 10.3. The molecule has 0 unspecified atom stereocenters. The Kier molecular flexibility index (Phi) is 6.21. The average molecular weight is 444 g/mol. The van der Waals surface area contributed by atoms with E-state index in [1.165, 1.54) is 6.33 Å². The van der Waals surface area contributed by atoms with E-state index in [1.807, 2.05) is 20.8 Å². The van der Waals surface area contributed by atoms with Gasteiger partial charge >= 0.3 is 6.03 Å². The van der Waals surface area contributed by atoms with E-state index >= 15 is 0 Å². The van der Waals surface area contributed by atoms with Gasteiger partial charge in [-0.15, -0.1) is 0 Å². The zero-order valence-corrected chi connectivity index (χ0v) is 18.8. The highest BCUT2D eigenvalue weighted by molar-refractivity contribution is 5.99. The van der Waals surface area contributed by atoms with E-state index in [0.717, 1.165) is 22.7 Å². The van der Waals surface area contributed by atoms with Gasteiger partial charge in [0.1, 0.15) is 17.8 Å². The van der Waals surface area contributed by atoms with Crippen LogP contribution in [0.5, 0.6) is 17.4 Å². The van der Waals surface area contributed by atoms with E-state index < -0.39 is 0 Å². The fraction of sp³-hybridized carbons (Fsp3) is 0.167. The number of nitrogens with zero attached hydrogens (tertiary/aromatic N) is 4. The molecule has 9 nitrogen and oxygen atoms in total. The van der Waals surface area contributed by atoms with Gasteiger partial charge in [0.05, 0.1) is 12.8 Å². The van der Waals surface area contributed by atoms with Crippen molar-refractivity contribution in [3.05, 3.63) is 77.9 Å². The summed E-state index contributed by atoms with van der Waals surface area (Å²) in [6, 6.07) is 15.4. The van der Waals surface area contributed by atoms with Crippen molar-refractivity contribution in [2.24, 2.45) is 0 Å². The molecule has 2 aromatic carbocycles. The smallest absolute Gasteiger partial charge is 0.323 e. The van der Waals surface area contributed by atoms with Crippen LogP contribution in [0, 0.1) is 20.8 Å². The van der Waals surface area contributed by atoms with Crippen molar-refractivity contribution >= 4 is 17.4 Å². The van der Waals surface area contributed by atoms with Gasteiger partial charge in [-0.1, -0.05) is 0 Å². The van der Waals surface area contributed by atoms with Crippen LogP contribution in [-0.2, 0) is 0 Å². The highest BCUT2D eigenvalue weighted by Gasteiger charge is 2.11. The summed E-state index contributed by atoms with van der Waals surface area (Å²) in [6.45, 7) is 5.98. The molecule has 0 fully saturated rings. The molecule has 0 spiro atoms. The Hall–Kier alpha value is -4.40. The molecule has 0 aliphatic heterocycles. The highest BCUT2D eigenvalue weighted by Crippen LogP contribution is 2.24. The fourth-order valence-electron chi connectivity index (χ4n) is 3.14. The number of benzene rings is 2. The number of hydrogen-bond acceptors (Lipinski definition) is 6. The van der Waals surface area contributed by atoms with Crippen molar-refractivity contribution in [3.63, 3.8) is 0 Å². The molecular formula is C24H24N6O3. The Morgan fingerprint density at radius 3 is 2.03 bits per heavy atom. The molecule has 0 bridgehead atoms. The molecule has 2 aromatic heterocycles. The third kappa shape index (κ3) is 5.09. The zero-order valence-electron chi connectivity index (χ0n) is 18.8. The number of aryl methyl sites for hydroxylation is 1. The zero-order chi connectivity index (χ0) is 23.4. The van der Waals surface area contributed by atoms with E-state index in [2.05, 4.69) is 25.7 Å². The molecule has 0 saturated heterocycles. The molecule has 4 rings (SSSR count). The molecule has 33 heavy (non-hydrogen) atoms. The van der Waals surface area contributed by atoms with Gasteiger partial charge in [-0.3, -0.25) is 0 Å². The van der Waals surface area contributed by atoms with Crippen LogP contribution in [0.4, 0.5) is 16.2 Å². The van der Waals surface area contributed by atoms with Crippen molar-refractivity contribution in [3.8, 4) is 23.2 Å². The average Bonchev–Trinajstić information content (AvgIpc) is 3.08. The number of carbonyl (C=O) groups is 1. The molecule has 0 aliphatic carbocycles. The molecule has 0 saturated carbocycles. The van der Waals surface area contributed by atoms with Crippen molar-refractivity contribution in [2.75, 3.05) is 17.7 Å². The SMILES string of the molecule is COc1ccc(NC(=O)Nc2ccc(Oc3cc(-n4nc(C)c(C)c4C)ncn3)cc2)cc1. The van der Waals surface area contributed by atoms with Crippen LogP contribution in [-0.4, -0.2) is 32.9 Å². The van der Waals surface area contributed by atoms with Crippen molar-refractivity contribution in [1.82, 2.24) is 19.7 Å². The summed E-state index contributed by atoms with van der Waals surface area (Å²) in [5.41, 5.74) is 4.36. The van der Waals surface area contributed by atoms with E-state index in [0.29, 0.717) is 28.8 Å². The van der Waals surface area contributed by atoms with Gasteiger partial charge in [-0.25, -0.2) is 19.4 Å². The van der Waals surface area contributed by atoms with Crippen LogP contribution in [0.2, 0.25) is 0 Å². The Labute approximate surface area is 191 Å². The fourth-order valence-corrected chi connectivity index (χ4v) is 3.14. The summed E-state index contributed by atoms with van der Waals surface area (Å²) >= 11 is 0. The number of urea groups is 1. The number of aromatic nitrogens is 4. The van der Waals surface area contributed by atoms with E-state index in [9.17, 15) is 4.79 Å². The molecule has 0 atom stereocenters. The van der Waals surface area contributed by atoms with Crippen LogP contribution in [0.25, 0.3) is 5.82 Å². The topological polar surface area (TPSA) is 103 Å². The van der Waals surface area contributed by atoms with Gasteiger partial charge < -0.3 is 20.1 Å². The standard InChI is InChI=1S/C24H24N6O3/c1-15-16(2)29-30(17(15)3)22-13-23(26-14-25-22)33-21-11-7-19(8-12-21)28-24(31)27-18-5-9-20(32-4)10-6-18/h5-14H,1-4H3,(H2,27,28,31). The Morgan fingerprint density at radius 1 is 0.879 bits per heavy atom.